The van der Waals surface area contributed by atoms with Crippen LogP contribution in [0.3, 0.4) is 0 Å². The molecule has 1 fully saturated rings. The molecule has 0 aromatic heterocycles. The highest BCUT2D eigenvalue weighted by Crippen LogP contribution is 2.32. The van der Waals surface area contributed by atoms with E-state index in [0.29, 0.717) is 17.3 Å². The van der Waals surface area contributed by atoms with Gasteiger partial charge in [0.25, 0.3) is 11.8 Å². The minimum Gasteiger partial charge on any atom is -0.350 e. The molecule has 154 valence electrons. The number of halogens is 1. The van der Waals surface area contributed by atoms with Crippen LogP contribution in [0.2, 0.25) is 5.02 Å². The normalized spacial score (nSPS) is 20.1. The van der Waals surface area contributed by atoms with Crippen LogP contribution in [0, 0.1) is 13.8 Å². The highest BCUT2D eigenvalue weighted by Gasteiger charge is 2.55. The lowest BCUT2D eigenvalue weighted by atomic mass is 10.1. The van der Waals surface area contributed by atoms with Crippen LogP contribution in [0.1, 0.15) is 16.7 Å². The Bertz CT molecular complexity index is 1030. The van der Waals surface area contributed by atoms with Crippen molar-refractivity contribution >= 4 is 35.0 Å². The summed E-state index contributed by atoms with van der Waals surface area (Å²) < 4.78 is 0. The zero-order chi connectivity index (χ0) is 21.4. The number of fused-ring (bicyclic) bond motifs is 1. The second kappa shape index (κ2) is 7.87. The van der Waals surface area contributed by atoms with E-state index in [4.69, 9.17) is 11.6 Å². The van der Waals surface area contributed by atoms with Crippen molar-refractivity contribution in [1.29, 1.82) is 0 Å². The van der Waals surface area contributed by atoms with E-state index in [0.717, 1.165) is 21.6 Å². The number of amides is 3. The highest BCUT2D eigenvalue weighted by molar-refractivity contribution is 6.30. The fourth-order valence-electron chi connectivity index (χ4n) is 3.69. The van der Waals surface area contributed by atoms with E-state index in [1.54, 1.807) is 24.3 Å². The smallest absolute Gasteiger partial charge is 0.263 e. The minimum absolute atomic E-state index is 0.169. The van der Waals surface area contributed by atoms with Crippen molar-refractivity contribution in [2.24, 2.45) is 10.3 Å². The SMILES string of the molecule is Cc1cc(C)cc(N2C(=O)C3N=NN(CC(=O)NCc4ccc(Cl)cc4)C3C2=O)c1. The standard InChI is InChI=1S/C21H20ClN5O3/c1-12-7-13(2)9-16(8-12)27-20(29)18-19(21(27)30)26(25-24-18)11-17(28)23-10-14-3-5-15(22)6-4-14/h3-9,18-19H,10-11H2,1-2H3,(H,23,28). The molecule has 30 heavy (non-hydrogen) atoms. The third-order valence-corrected chi connectivity index (χ3v) is 5.28. The van der Waals surface area contributed by atoms with Gasteiger partial charge < -0.3 is 5.32 Å². The molecule has 1 N–H and O–H groups in total. The van der Waals surface area contributed by atoms with Crippen LogP contribution in [-0.4, -0.2) is 41.4 Å². The minimum atomic E-state index is -0.928. The van der Waals surface area contributed by atoms with Gasteiger partial charge in [-0.2, -0.15) is 5.11 Å². The van der Waals surface area contributed by atoms with Crippen LogP contribution in [0.5, 0.6) is 0 Å². The number of rotatable bonds is 5. The number of carbonyl (C=O) groups is 3. The summed E-state index contributed by atoms with van der Waals surface area (Å²) in [6.07, 6.45) is 0. The number of anilines is 1. The zero-order valence-electron chi connectivity index (χ0n) is 16.5. The van der Waals surface area contributed by atoms with Crippen LogP contribution in [-0.2, 0) is 20.9 Å². The van der Waals surface area contributed by atoms with Crippen molar-refractivity contribution in [3.05, 3.63) is 64.2 Å². The molecule has 0 bridgehead atoms. The molecule has 0 saturated carbocycles. The molecule has 2 heterocycles. The summed E-state index contributed by atoms with van der Waals surface area (Å²) in [7, 11) is 0. The number of nitrogens with one attached hydrogen (secondary N) is 1. The van der Waals surface area contributed by atoms with Gasteiger partial charge in [-0.15, -0.1) is 0 Å². The van der Waals surface area contributed by atoms with Crippen LogP contribution < -0.4 is 10.2 Å². The van der Waals surface area contributed by atoms with Crippen LogP contribution >= 0.6 is 11.6 Å². The summed E-state index contributed by atoms with van der Waals surface area (Å²) >= 11 is 5.86. The van der Waals surface area contributed by atoms with Crippen LogP contribution in [0.4, 0.5) is 5.69 Å². The van der Waals surface area contributed by atoms with Gasteiger partial charge in [-0.1, -0.05) is 35.0 Å². The predicted octanol–water partition coefficient (Wildman–Crippen LogP) is 2.57. The molecule has 2 unspecified atom stereocenters. The van der Waals surface area contributed by atoms with Crippen molar-refractivity contribution in [2.75, 3.05) is 11.4 Å². The van der Waals surface area contributed by atoms with Gasteiger partial charge in [-0.3, -0.25) is 19.4 Å². The number of benzene rings is 2. The molecule has 1 saturated heterocycles. The van der Waals surface area contributed by atoms with Crippen molar-refractivity contribution in [3.63, 3.8) is 0 Å². The fraction of sp³-hybridized carbons (Fsp3) is 0.286. The molecule has 9 heteroatoms. The van der Waals surface area contributed by atoms with Crippen molar-refractivity contribution in [1.82, 2.24) is 10.3 Å². The van der Waals surface area contributed by atoms with Gasteiger partial charge in [0.2, 0.25) is 5.91 Å². The van der Waals surface area contributed by atoms with E-state index in [1.807, 2.05) is 32.0 Å². The maximum Gasteiger partial charge on any atom is 0.263 e. The number of aryl methyl sites for hydroxylation is 2. The molecular formula is C21H20ClN5O3. The van der Waals surface area contributed by atoms with E-state index < -0.39 is 23.9 Å². The van der Waals surface area contributed by atoms with Gasteiger partial charge in [0, 0.05) is 11.6 Å². The zero-order valence-corrected chi connectivity index (χ0v) is 17.3. The summed E-state index contributed by atoms with van der Waals surface area (Å²) in [6, 6.07) is 10.8. The molecule has 2 aromatic rings. The van der Waals surface area contributed by atoms with Gasteiger partial charge in [0.15, 0.2) is 12.1 Å². The number of hydrogen-bond acceptors (Lipinski definition) is 6. The first-order chi connectivity index (χ1) is 14.3. The Labute approximate surface area is 178 Å². The summed E-state index contributed by atoms with van der Waals surface area (Å²) in [4.78, 5) is 39.3. The summed E-state index contributed by atoms with van der Waals surface area (Å²) in [5, 5.41) is 12.5. The van der Waals surface area contributed by atoms with E-state index in [1.165, 1.54) is 5.01 Å². The second-order valence-corrected chi connectivity index (χ2v) is 7.89. The molecule has 2 aliphatic heterocycles. The molecule has 4 rings (SSSR count). The molecule has 2 aromatic carbocycles. The maximum absolute atomic E-state index is 13.0. The van der Waals surface area contributed by atoms with Gasteiger partial charge in [0.05, 0.1) is 5.69 Å². The summed E-state index contributed by atoms with van der Waals surface area (Å²) in [5.74, 6) is -1.18. The summed E-state index contributed by atoms with van der Waals surface area (Å²) in [6.45, 7) is 3.95. The predicted molar refractivity (Wildman–Crippen MR) is 111 cm³/mol. The lowest BCUT2D eigenvalue weighted by Crippen LogP contribution is -2.44. The number of carbonyl (C=O) groups excluding carboxylic acids is 3. The number of imide groups is 1. The van der Waals surface area contributed by atoms with Gasteiger partial charge in [-0.05, 0) is 54.8 Å². The molecule has 2 atom stereocenters. The Kier molecular flexibility index (Phi) is 5.26. The second-order valence-electron chi connectivity index (χ2n) is 7.45. The van der Waals surface area contributed by atoms with Crippen molar-refractivity contribution < 1.29 is 14.4 Å². The Balaban J connectivity index is 1.44. The average molecular weight is 426 g/mol. The lowest BCUT2D eigenvalue weighted by molar-refractivity contribution is -0.125. The quantitative estimate of drug-likeness (QED) is 0.745. The number of hydrogen-bond donors (Lipinski definition) is 1. The first kappa shape index (κ1) is 20.0. The van der Waals surface area contributed by atoms with Crippen molar-refractivity contribution in [2.45, 2.75) is 32.5 Å². The first-order valence-corrected chi connectivity index (χ1v) is 9.86. The maximum atomic E-state index is 13.0. The monoisotopic (exact) mass is 425 g/mol. The Morgan fingerprint density at radius 2 is 1.73 bits per heavy atom. The van der Waals surface area contributed by atoms with E-state index >= 15 is 0 Å². The molecule has 0 aliphatic carbocycles. The van der Waals surface area contributed by atoms with E-state index in [2.05, 4.69) is 15.7 Å². The van der Waals surface area contributed by atoms with Gasteiger partial charge >= 0.3 is 0 Å². The third-order valence-electron chi connectivity index (χ3n) is 5.03. The topological polar surface area (TPSA) is 94.4 Å². The Morgan fingerprint density at radius 3 is 2.40 bits per heavy atom. The van der Waals surface area contributed by atoms with E-state index in [9.17, 15) is 14.4 Å². The molecular weight excluding hydrogens is 406 g/mol. The highest BCUT2D eigenvalue weighted by atomic mass is 35.5. The average Bonchev–Trinajstić information content (AvgIpc) is 3.20. The third kappa shape index (κ3) is 3.78. The molecule has 2 aliphatic rings. The fourth-order valence-corrected chi connectivity index (χ4v) is 3.82. The first-order valence-electron chi connectivity index (χ1n) is 9.48. The van der Waals surface area contributed by atoms with E-state index in [-0.39, 0.29) is 12.5 Å². The summed E-state index contributed by atoms with van der Waals surface area (Å²) in [5.41, 5.74) is 3.30. The lowest BCUT2D eigenvalue weighted by Gasteiger charge is -2.20. The largest absolute Gasteiger partial charge is 0.350 e. The number of nitrogens with zero attached hydrogens (tertiary/aromatic N) is 4. The molecule has 8 nitrogen and oxygen atoms in total. The van der Waals surface area contributed by atoms with Crippen molar-refractivity contribution in [3.8, 4) is 0 Å². The van der Waals surface area contributed by atoms with Gasteiger partial charge in [0.1, 0.15) is 6.54 Å². The Morgan fingerprint density at radius 1 is 1.07 bits per heavy atom. The Hall–Kier alpha value is -3.26. The molecule has 0 spiro atoms. The molecule has 3 amide bonds. The van der Waals surface area contributed by atoms with Gasteiger partial charge in [-0.25, -0.2) is 4.90 Å². The molecule has 0 radical (unpaired) electrons. The van der Waals surface area contributed by atoms with Crippen LogP contribution in [0.25, 0.3) is 0 Å². The van der Waals surface area contributed by atoms with Crippen LogP contribution in [0.15, 0.2) is 52.8 Å².